The number of aryl methyl sites for hydroxylation is 2. The highest BCUT2D eigenvalue weighted by atomic mass is 16.2. The lowest BCUT2D eigenvalue weighted by Crippen LogP contribution is -2.38. The molecule has 2 aromatic carbocycles. The summed E-state index contributed by atoms with van der Waals surface area (Å²) < 4.78 is 0. The van der Waals surface area contributed by atoms with Crippen LogP contribution in [0.4, 0.5) is 0 Å². The highest BCUT2D eigenvalue weighted by Gasteiger charge is 2.15. The van der Waals surface area contributed by atoms with Gasteiger partial charge in [-0.15, -0.1) is 0 Å². The van der Waals surface area contributed by atoms with Crippen molar-refractivity contribution >= 4 is 11.8 Å². The van der Waals surface area contributed by atoms with E-state index < -0.39 is 0 Å². The van der Waals surface area contributed by atoms with Gasteiger partial charge in [0, 0.05) is 31.7 Å². The van der Waals surface area contributed by atoms with Crippen LogP contribution in [-0.2, 0) is 17.8 Å². The average Bonchev–Trinajstić information content (AvgIpc) is 2.68. The highest BCUT2D eigenvalue weighted by molar-refractivity contribution is 5.96. The molecule has 1 aliphatic heterocycles. The van der Waals surface area contributed by atoms with Gasteiger partial charge in [0.15, 0.2) is 0 Å². The van der Waals surface area contributed by atoms with Gasteiger partial charge in [0.1, 0.15) is 0 Å². The van der Waals surface area contributed by atoms with Crippen LogP contribution in [-0.4, -0.2) is 42.9 Å². The zero-order valence-electron chi connectivity index (χ0n) is 16.8. The van der Waals surface area contributed by atoms with Crippen molar-refractivity contribution in [3.05, 3.63) is 70.3 Å². The summed E-state index contributed by atoms with van der Waals surface area (Å²) in [6.45, 7) is 7.55. The van der Waals surface area contributed by atoms with Gasteiger partial charge in [0.25, 0.3) is 5.91 Å². The number of carbonyl (C=O) groups excluding carboxylic acids is 2. The number of benzene rings is 2. The first kappa shape index (κ1) is 20.1. The summed E-state index contributed by atoms with van der Waals surface area (Å²) in [5.41, 5.74) is 5.53. The molecular formula is C23H29N3O2. The fraction of sp³-hybridized carbons (Fsp3) is 0.391. The van der Waals surface area contributed by atoms with Crippen LogP contribution in [0.25, 0.3) is 0 Å². The number of hydrogen-bond acceptors (Lipinski definition) is 3. The minimum Gasteiger partial charge on any atom is -0.355 e. The summed E-state index contributed by atoms with van der Waals surface area (Å²) in [4.78, 5) is 26.6. The summed E-state index contributed by atoms with van der Waals surface area (Å²) in [6, 6.07) is 14.3. The van der Waals surface area contributed by atoms with Gasteiger partial charge in [-0.3, -0.25) is 14.5 Å². The highest BCUT2D eigenvalue weighted by Crippen LogP contribution is 2.18. The molecule has 148 valence electrons. The summed E-state index contributed by atoms with van der Waals surface area (Å²) in [7, 11) is 0. The third kappa shape index (κ3) is 5.67. The van der Waals surface area contributed by atoms with Crippen molar-refractivity contribution in [1.29, 1.82) is 0 Å². The van der Waals surface area contributed by atoms with Crippen LogP contribution in [0.2, 0.25) is 0 Å². The second-order valence-corrected chi connectivity index (χ2v) is 7.56. The minimum absolute atomic E-state index is 0.00289. The number of carbonyl (C=O) groups is 2. The van der Waals surface area contributed by atoms with Crippen molar-refractivity contribution in [3.63, 3.8) is 0 Å². The monoisotopic (exact) mass is 379 g/mol. The fourth-order valence-electron chi connectivity index (χ4n) is 3.71. The molecule has 2 aromatic rings. The van der Waals surface area contributed by atoms with Crippen LogP contribution in [0.5, 0.6) is 0 Å². The first-order valence-electron chi connectivity index (χ1n) is 9.93. The third-order valence-corrected chi connectivity index (χ3v) is 5.08. The van der Waals surface area contributed by atoms with Crippen molar-refractivity contribution in [1.82, 2.24) is 15.5 Å². The van der Waals surface area contributed by atoms with E-state index in [4.69, 9.17) is 0 Å². The molecule has 0 fully saturated rings. The molecular weight excluding hydrogens is 350 g/mol. The van der Waals surface area contributed by atoms with Crippen LogP contribution in [0.3, 0.4) is 0 Å². The number of hydrogen-bond donors (Lipinski definition) is 2. The minimum atomic E-state index is -0.214. The SMILES string of the molecule is Cc1cc(C)cc(C(=O)NCC(=O)NCCCN2CCc3ccccc3C2)c1. The molecule has 0 unspecified atom stereocenters. The first-order chi connectivity index (χ1) is 13.5. The van der Waals surface area contributed by atoms with Gasteiger partial charge in [0.05, 0.1) is 6.54 Å². The van der Waals surface area contributed by atoms with Crippen molar-refractivity contribution < 1.29 is 9.59 Å². The van der Waals surface area contributed by atoms with Crippen LogP contribution in [0.1, 0.15) is 39.0 Å². The fourth-order valence-corrected chi connectivity index (χ4v) is 3.71. The Bertz CT molecular complexity index is 827. The summed E-state index contributed by atoms with van der Waals surface area (Å²) >= 11 is 0. The maximum absolute atomic E-state index is 12.2. The molecule has 3 rings (SSSR count). The molecule has 0 aromatic heterocycles. The number of fused-ring (bicyclic) bond motifs is 1. The largest absolute Gasteiger partial charge is 0.355 e. The first-order valence-corrected chi connectivity index (χ1v) is 9.93. The van der Waals surface area contributed by atoms with E-state index in [9.17, 15) is 9.59 Å². The van der Waals surface area contributed by atoms with E-state index in [1.165, 1.54) is 11.1 Å². The van der Waals surface area contributed by atoms with E-state index >= 15 is 0 Å². The molecule has 0 atom stereocenters. The number of nitrogens with zero attached hydrogens (tertiary/aromatic N) is 1. The topological polar surface area (TPSA) is 61.4 Å². The second-order valence-electron chi connectivity index (χ2n) is 7.56. The zero-order valence-corrected chi connectivity index (χ0v) is 16.8. The van der Waals surface area contributed by atoms with Gasteiger partial charge < -0.3 is 10.6 Å². The van der Waals surface area contributed by atoms with Crippen LogP contribution in [0.15, 0.2) is 42.5 Å². The predicted octanol–water partition coefficient (Wildman–Crippen LogP) is 2.60. The van der Waals surface area contributed by atoms with Crippen molar-refractivity contribution in [2.24, 2.45) is 0 Å². The van der Waals surface area contributed by atoms with Gasteiger partial charge >= 0.3 is 0 Å². The molecule has 0 saturated heterocycles. The van der Waals surface area contributed by atoms with E-state index in [2.05, 4.69) is 39.8 Å². The van der Waals surface area contributed by atoms with Crippen molar-refractivity contribution in [2.45, 2.75) is 33.2 Å². The van der Waals surface area contributed by atoms with E-state index in [1.807, 2.05) is 32.0 Å². The second kappa shape index (κ2) is 9.51. The molecule has 0 aliphatic carbocycles. The van der Waals surface area contributed by atoms with Crippen LogP contribution < -0.4 is 10.6 Å². The summed E-state index contributed by atoms with van der Waals surface area (Å²) in [6.07, 6.45) is 1.99. The molecule has 0 radical (unpaired) electrons. The molecule has 5 heteroatoms. The van der Waals surface area contributed by atoms with Gasteiger partial charge in [-0.25, -0.2) is 0 Å². The normalized spacial score (nSPS) is 13.6. The van der Waals surface area contributed by atoms with Crippen molar-refractivity contribution in [2.75, 3.05) is 26.2 Å². The van der Waals surface area contributed by atoms with E-state index in [1.54, 1.807) is 0 Å². The Labute approximate surface area is 167 Å². The maximum Gasteiger partial charge on any atom is 0.251 e. The number of amides is 2. The van der Waals surface area contributed by atoms with Gasteiger partial charge in [-0.1, -0.05) is 41.5 Å². The average molecular weight is 380 g/mol. The zero-order chi connectivity index (χ0) is 19.9. The quantitative estimate of drug-likeness (QED) is 0.727. The summed E-state index contributed by atoms with van der Waals surface area (Å²) in [5, 5.41) is 5.58. The lowest BCUT2D eigenvalue weighted by Gasteiger charge is -2.28. The van der Waals surface area contributed by atoms with Gasteiger partial charge in [0.2, 0.25) is 5.91 Å². The van der Waals surface area contributed by atoms with E-state index in [0.29, 0.717) is 12.1 Å². The molecule has 0 spiro atoms. The lowest BCUT2D eigenvalue weighted by atomic mass is 10.00. The Hall–Kier alpha value is -2.66. The number of rotatable bonds is 7. The number of nitrogens with one attached hydrogen (secondary N) is 2. The third-order valence-electron chi connectivity index (χ3n) is 5.08. The Morgan fingerprint density at radius 1 is 1.00 bits per heavy atom. The maximum atomic E-state index is 12.2. The van der Waals surface area contributed by atoms with E-state index in [0.717, 1.165) is 43.6 Å². The smallest absolute Gasteiger partial charge is 0.251 e. The Morgan fingerprint density at radius 3 is 2.46 bits per heavy atom. The molecule has 1 aliphatic rings. The molecule has 5 nitrogen and oxygen atoms in total. The standard InChI is InChI=1S/C23H29N3O2/c1-17-12-18(2)14-21(13-17)23(28)25-15-22(27)24-9-5-10-26-11-8-19-6-3-4-7-20(19)16-26/h3-4,6-7,12-14H,5,8-11,15-16H2,1-2H3,(H,24,27)(H,25,28). The Kier molecular flexibility index (Phi) is 6.82. The molecule has 2 N–H and O–H groups in total. The van der Waals surface area contributed by atoms with Crippen LogP contribution in [0, 0.1) is 13.8 Å². The molecule has 0 bridgehead atoms. The van der Waals surface area contributed by atoms with E-state index in [-0.39, 0.29) is 18.4 Å². The Balaban J connectivity index is 1.33. The predicted molar refractivity (Wildman–Crippen MR) is 111 cm³/mol. The molecule has 0 saturated carbocycles. The van der Waals surface area contributed by atoms with Gasteiger partial charge in [-0.2, -0.15) is 0 Å². The Morgan fingerprint density at radius 2 is 1.71 bits per heavy atom. The summed E-state index contributed by atoms with van der Waals surface area (Å²) in [5.74, 6) is -0.365. The van der Waals surface area contributed by atoms with Gasteiger partial charge in [-0.05, 0) is 49.9 Å². The molecule has 2 amide bonds. The van der Waals surface area contributed by atoms with Crippen molar-refractivity contribution in [3.8, 4) is 0 Å². The lowest BCUT2D eigenvalue weighted by molar-refractivity contribution is -0.120. The molecule has 1 heterocycles. The molecule has 28 heavy (non-hydrogen) atoms. The van der Waals surface area contributed by atoms with Crippen LogP contribution >= 0.6 is 0 Å².